The van der Waals surface area contributed by atoms with Gasteiger partial charge < -0.3 is 14.5 Å². The van der Waals surface area contributed by atoms with Gasteiger partial charge in [0.25, 0.3) is 0 Å². The summed E-state index contributed by atoms with van der Waals surface area (Å²) in [4.78, 5) is 14.9. The van der Waals surface area contributed by atoms with Crippen molar-refractivity contribution in [3.8, 4) is 11.4 Å². The van der Waals surface area contributed by atoms with Crippen LogP contribution in [0.3, 0.4) is 0 Å². The minimum atomic E-state index is -0.361. The highest BCUT2D eigenvalue weighted by Crippen LogP contribution is 2.26. The summed E-state index contributed by atoms with van der Waals surface area (Å²) in [7, 11) is 1.37. The smallest absolute Gasteiger partial charge is 0.337 e. The van der Waals surface area contributed by atoms with Crippen molar-refractivity contribution in [2.24, 2.45) is 0 Å². The predicted octanol–water partition coefficient (Wildman–Crippen LogP) is 2.07. The molecule has 21 heavy (non-hydrogen) atoms. The fourth-order valence-corrected chi connectivity index (χ4v) is 2.45. The van der Waals surface area contributed by atoms with E-state index in [0.29, 0.717) is 18.0 Å². The zero-order valence-corrected chi connectivity index (χ0v) is 12.0. The van der Waals surface area contributed by atoms with E-state index in [0.717, 1.165) is 30.0 Å². The molecule has 1 aliphatic heterocycles. The highest BCUT2D eigenvalue weighted by molar-refractivity contribution is 5.91. The summed E-state index contributed by atoms with van der Waals surface area (Å²) < 4.78 is 10.1. The Balaban J connectivity index is 1.94. The summed E-state index contributed by atoms with van der Waals surface area (Å²) >= 11 is 0. The van der Waals surface area contributed by atoms with E-state index < -0.39 is 0 Å². The molecule has 0 radical (unpaired) electrons. The first kappa shape index (κ1) is 13.8. The number of carbonyl (C=O) groups excluding carboxylic acids is 1. The molecule has 1 fully saturated rings. The van der Waals surface area contributed by atoms with Crippen LogP contribution in [0.5, 0.6) is 0 Å². The number of H-pyrrole nitrogens is 1. The van der Waals surface area contributed by atoms with Crippen LogP contribution in [0.4, 0.5) is 0 Å². The Morgan fingerprint density at radius 3 is 3.00 bits per heavy atom. The Morgan fingerprint density at radius 2 is 2.29 bits per heavy atom. The lowest BCUT2D eigenvalue weighted by atomic mass is 10.0. The monoisotopic (exact) mass is 287 g/mol. The molecule has 2 heterocycles. The van der Waals surface area contributed by atoms with Gasteiger partial charge in [0.15, 0.2) is 5.82 Å². The number of hydrogen-bond acceptors (Lipinski definition) is 5. The van der Waals surface area contributed by atoms with Crippen molar-refractivity contribution >= 4 is 5.97 Å². The van der Waals surface area contributed by atoms with Gasteiger partial charge in [-0.1, -0.05) is 6.07 Å². The van der Waals surface area contributed by atoms with Crippen LogP contribution in [0.15, 0.2) is 18.2 Å². The van der Waals surface area contributed by atoms with Gasteiger partial charge in [0.2, 0.25) is 0 Å². The van der Waals surface area contributed by atoms with Crippen LogP contribution in [0.2, 0.25) is 0 Å². The highest BCUT2D eigenvalue weighted by Gasteiger charge is 2.22. The van der Waals surface area contributed by atoms with Crippen molar-refractivity contribution in [1.82, 2.24) is 15.2 Å². The van der Waals surface area contributed by atoms with Gasteiger partial charge in [0, 0.05) is 18.1 Å². The van der Waals surface area contributed by atoms with Crippen molar-refractivity contribution in [2.45, 2.75) is 19.3 Å². The largest absolute Gasteiger partial charge is 0.465 e. The molecule has 0 spiro atoms. The number of rotatable bonds is 3. The minimum absolute atomic E-state index is 0.273. The fraction of sp³-hybridized carbons (Fsp3) is 0.400. The van der Waals surface area contributed by atoms with Gasteiger partial charge in [-0.2, -0.15) is 0 Å². The Kier molecular flexibility index (Phi) is 3.70. The molecular formula is C15H17N3O3. The van der Waals surface area contributed by atoms with E-state index in [1.807, 2.05) is 13.0 Å². The maximum absolute atomic E-state index is 11.6. The van der Waals surface area contributed by atoms with Crippen LogP contribution in [-0.4, -0.2) is 41.5 Å². The second-order valence-electron chi connectivity index (χ2n) is 5.14. The molecule has 0 amide bonds. The molecule has 2 aromatic rings. The van der Waals surface area contributed by atoms with Crippen LogP contribution in [0.1, 0.15) is 34.1 Å². The molecule has 0 aliphatic carbocycles. The maximum atomic E-state index is 11.6. The maximum Gasteiger partial charge on any atom is 0.337 e. The van der Waals surface area contributed by atoms with Gasteiger partial charge in [-0.15, -0.1) is 10.2 Å². The number of aryl methyl sites for hydroxylation is 1. The van der Waals surface area contributed by atoms with Crippen molar-refractivity contribution in [3.63, 3.8) is 0 Å². The van der Waals surface area contributed by atoms with Gasteiger partial charge in [0.05, 0.1) is 19.3 Å². The summed E-state index contributed by atoms with van der Waals surface area (Å²) in [6.45, 7) is 3.41. The Labute approximate surface area is 122 Å². The highest BCUT2D eigenvalue weighted by atomic mass is 16.5. The summed E-state index contributed by atoms with van der Waals surface area (Å²) in [6, 6.07) is 5.39. The number of nitrogens with zero attached hydrogens (tertiary/aromatic N) is 2. The van der Waals surface area contributed by atoms with Gasteiger partial charge in [-0.25, -0.2) is 4.79 Å². The third-order valence-electron chi connectivity index (χ3n) is 3.73. The molecule has 6 nitrogen and oxygen atoms in total. The molecule has 1 saturated heterocycles. The van der Waals surface area contributed by atoms with E-state index in [1.54, 1.807) is 12.1 Å². The summed E-state index contributed by atoms with van der Waals surface area (Å²) in [5.41, 5.74) is 2.38. The second-order valence-corrected chi connectivity index (χ2v) is 5.14. The number of aromatic amines is 1. The molecule has 6 heteroatoms. The Bertz CT molecular complexity index is 660. The number of carbonyl (C=O) groups is 1. The zero-order chi connectivity index (χ0) is 14.8. The van der Waals surface area contributed by atoms with Crippen LogP contribution in [0.25, 0.3) is 11.4 Å². The minimum Gasteiger partial charge on any atom is -0.465 e. The third-order valence-corrected chi connectivity index (χ3v) is 3.73. The molecule has 1 atom stereocenters. The molecule has 0 saturated carbocycles. The molecule has 1 aromatic carbocycles. The van der Waals surface area contributed by atoms with E-state index in [-0.39, 0.29) is 11.9 Å². The lowest BCUT2D eigenvalue weighted by molar-refractivity contribution is 0.0601. The Morgan fingerprint density at radius 1 is 1.43 bits per heavy atom. The fourth-order valence-electron chi connectivity index (χ4n) is 2.45. The number of nitrogens with one attached hydrogen (secondary N) is 1. The lowest BCUT2D eigenvalue weighted by Gasteiger charge is -2.05. The van der Waals surface area contributed by atoms with Crippen molar-refractivity contribution < 1.29 is 14.3 Å². The van der Waals surface area contributed by atoms with Gasteiger partial charge >= 0.3 is 5.97 Å². The molecule has 110 valence electrons. The average Bonchev–Trinajstić information content (AvgIpc) is 3.17. The molecular weight excluding hydrogens is 270 g/mol. The number of hydrogen-bond donors (Lipinski definition) is 1. The Hall–Kier alpha value is -2.21. The number of benzene rings is 1. The van der Waals surface area contributed by atoms with E-state index in [2.05, 4.69) is 15.2 Å². The van der Waals surface area contributed by atoms with E-state index in [1.165, 1.54) is 7.11 Å². The third kappa shape index (κ3) is 2.67. The molecule has 3 rings (SSSR count). The van der Waals surface area contributed by atoms with Gasteiger partial charge in [-0.3, -0.25) is 0 Å². The molecule has 1 aromatic heterocycles. The number of ether oxygens (including phenoxy) is 2. The topological polar surface area (TPSA) is 77.1 Å². The quantitative estimate of drug-likeness (QED) is 0.874. The van der Waals surface area contributed by atoms with E-state index in [4.69, 9.17) is 9.47 Å². The second kappa shape index (κ2) is 5.65. The van der Waals surface area contributed by atoms with Crippen LogP contribution in [0, 0.1) is 6.92 Å². The van der Waals surface area contributed by atoms with Gasteiger partial charge in [0.1, 0.15) is 5.82 Å². The first-order chi connectivity index (χ1) is 10.2. The molecule has 1 unspecified atom stereocenters. The van der Waals surface area contributed by atoms with Crippen molar-refractivity contribution in [1.29, 1.82) is 0 Å². The van der Waals surface area contributed by atoms with Crippen LogP contribution < -0.4 is 0 Å². The zero-order valence-electron chi connectivity index (χ0n) is 12.0. The van der Waals surface area contributed by atoms with E-state index >= 15 is 0 Å². The predicted molar refractivity (Wildman–Crippen MR) is 76.1 cm³/mol. The summed E-state index contributed by atoms with van der Waals surface area (Å²) in [6.07, 6.45) is 0.954. The summed E-state index contributed by atoms with van der Waals surface area (Å²) in [5.74, 6) is 1.42. The number of esters is 1. The number of methoxy groups -OCH3 is 1. The molecule has 1 aliphatic rings. The van der Waals surface area contributed by atoms with Gasteiger partial charge in [-0.05, 0) is 31.0 Å². The first-order valence-corrected chi connectivity index (χ1v) is 6.88. The SMILES string of the molecule is COC(=O)c1ccc(C)c(-c2nnc(C3CCOC3)[nH]2)c1. The molecule has 1 N–H and O–H groups in total. The van der Waals surface area contributed by atoms with Crippen LogP contribution in [-0.2, 0) is 9.47 Å². The number of aromatic nitrogens is 3. The lowest BCUT2D eigenvalue weighted by Crippen LogP contribution is -2.02. The first-order valence-electron chi connectivity index (χ1n) is 6.88. The van der Waals surface area contributed by atoms with Crippen molar-refractivity contribution in [3.05, 3.63) is 35.2 Å². The average molecular weight is 287 g/mol. The van der Waals surface area contributed by atoms with Crippen molar-refractivity contribution in [2.75, 3.05) is 20.3 Å². The molecule has 0 bridgehead atoms. The summed E-state index contributed by atoms with van der Waals surface area (Å²) in [5, 5.41) is 8.41. The van der Waals surface area contributed by atoms with E-state index in [9.17, 15) is 4.79 Å². The normalized spacial score (nSPS) is 17.9. The van der Waals surface area contributed by atoms with Crippen LogP contribution >= 0.6 is 0 Å². The standard InChI is InChI=1S/C15H17N3O3/c1-9-3-4-10(15(19)20-2)7-12(9)14-16-13(17-18-14)11-5-6-21-8-11/h3-4,7,11H,5-6,8H2,1-2H3,(H,16,17,18).